The van der Waals surface area contributed by atoms with Gasteiger partial charge in [-0.3, -0.25) is 0 Å². The molecular formula is C13H15BrN2. The molecule has 0 unspecified atom stereocenters. The zero-order chi connectivity index (χ0) is 11.8. The third-order valence-corrected chi connectivity index (χ3v) is 3.20. The van der Waals surface area contributed by atoms with Crippen molar-refractivity contribution in [2.45, 2.75) is 26.3 Å². The Morgan fingerprint density at radius 2 is 1.88 bits per heavy atom. The van der Waals surface area contributed by atoms with Crippen LogP contribution in [0.2, 0.25) is 0 Å². The van der Waals surface area contributed by atoms with Gasteiger partial charge in [-0.05, 0) is 26.8 Å². The first-order valence-corrected chi connectivity index (χ1v) is 6.07. The number of hydrogen-bond acceptors (Lipinski definition) is 1. The second kappa shape index (κ2) is 4.06. The van der Waals surface area contributed by atoms with E-state index in [1.165, 1.54) is 5.56 Å². The summed E-state index contributed by atoms with van der Waals surface area (Å²) in [5.41, 5.74) is 2.36. The van der Waals surface area contributed by atoms with Gasteiger partial charge >= 0.3 is 0 Å². The van der Waals surface area contributed by atoms with E-state index in [9.17, 15) is 0 Å². The highest BCUT2D eigenvalue weighted by atomic mass is 79.9. The molecule has 0 atom stereocenters. The van der Waals surface area contributed by atoms with Gasteiger partial charge in [0.2, 0.25) is 0 Å². The Bertz CT molecular complexity index is 495. The van der Waals surface area contributed by atoms with Crippen molar-refractivity contribution in [3.63, 3.8) is 0 Å². The lowest BCUT2D eigenvalue weighted by Crippen LogP contribution is -2.21. The van der Waals surface area contributed by atoms with Gasteiger partial charge in [0.05, 0.1) is 18.2 Å². The summed E-state index contributed by atoms with van der Waals surface area (Å²) in [6.45, 7) is 6.53. The summed E-state index contributed by atoms with van der Waals surface area (Å²) in [6, 6.07) is 8.21. The van der Waals surface area contributed by atoms with Crippen molar-refractivity contribution < 1.29 is 0 Å². The second-order valence-corrected chi connectivity index (χ2v) is 5.65. The molecule has 1 aromatic heterocycles. The maximum atomic E-state index is 4.25. The van der Waals surface area contributed by atoms with E-state index in [0.717, 1.165) is 10.2 Å². The van der Waals surface area contributed by atoms with Crippen LogP contribution in [0.3, 0.4) is 0 Å². The van der Waals surface area contributed by atoms with Gasteiger partial charge in [-0.25, -0.2) is 4.98 Å². The zero-order valence-corrected chi connectivity index (χ0v) is 11.3. The van der Waals surface area contributed by atoms with E-state index >= 15 is 0 Å². The summed E-state index contributed by atoms with van der Waals surface area (Å²) in [5, 5.41) is 0. The van der Waals surface area contributed by atoms with E-state index in [1.54, 1.807) is 0 Å². The fraction of sp³-hybridized carbons (Fsp3) is 0.308. The van der Waals surface area contributed by atoms with Gasteiger partial charge in [0.25, 0.3) is 0 Å². The number of imidazole rings is 1. The van der Waals surface area contributed by atoms with Crippen molar-refractivity contribution in [2.24, 2.45) is 0 Å². The van der Waals surface area contributed by atoms with Gasteiger partial charge in [-0.1, -0.05) is 34.1 Å². The standard InChI is InChI=1S/C13H15BrN2/c1-13(2,3)16-9-15-8-12(16)10-6-4-5-7-11(10)14/h4-9H,1-3H3. The molecule has 1 heterocycles. The molecule has 0 aliphatic carbocycles. The van der Waals surface area contributed by atoms with Gasteiger partial charge in [0, 0.05) is 15.6 Å². The summed E-state index contributed by atoms with van der Waals surface area (Å²) in [7, 11) is 0. The molecule has 1 aromatic carbocycles. The summed E-state index contributed by atoms with van der Waals surface area (Å²) in [4.78, 5) is 4.25. The first kappa shape index (κ1) is 11.4. The van der Waals surface area contributed by atoms with Gasteiger partial charge in [-0.2, -0.15) is 0 Å². The van der Waals surface area contributed by atoms with Crippen LogP contribution in [-0.2, 0) is 5.54 Å². The molecule has 2 aromatic rings. The summed E-state index contributed by atoms with van der Waals surface area (Å²) in [5.74, 6) is 0. The second-order valence-electron chi connectivity index (χ2n) is 4.80. The third kappa shape index (κ3) is 2.05. The monoisotopic (exact) mass is 278 g/mol. The Labute approximate surface area is 104 Å². The normalized spacial score (nSPS) is 11.8. The van der Waals surface area contributed by atoms with Gasteiger partial charge in [0.15, 0.2) is 0 Å². The SMILES string of the molecule is CC(C)(C)n1cncc1-c1ccccc1Br. The molecule has 84 valence electrons. The molecule has 0 bridgehead atoms. The molecule has 0 aliphatic heterocycles. The minimum Gasteiger partial charge on any atom is -0.325 e. The Morgan fingerprint density at radius 1 is 1.19 bits per heavy atom. The molecule has 2 rings (SSSR count). The van der Waals surface area contributed by atoms with Crippen LogP contribution >= 0.6 is 15.9 Å². The van der Waals surface area contributed by atoms with Crippen molar-refractivity contribution in [3.05, 3.63) is 41.3 Å². The number of halogens is 1. The van der Waals surface area contributed by atoms with E-state index in [-0.39, 0.29) is 5.54 Å². The summed E-state index contributed by atoms with van der Waals surface area (Å²) >= 11 is 3.58. The van der Waals surface area contributed by atoms with E-state index < -0.39 is 0 Å². The highest BCUT2D eigenvalue weighted by Gasteiger charge is 2.18. The predicted octanol–water partition coefficient (Wildman–Crippen LogP) is 4.07. The lowest BCUT2D eigenvalue weighted by molar-refractivity contribution is 0.400. The number of benzene rings is 1. The van der Waals surface area contributed by atoms with Crippen LogP contribution in [-0.4, -0.2) is 9.55 Å². The van der Waals surface area contributed by atoms with Gasteiger partial charge in [-0.15, -0.1) is 0 Å². The van der Waals surface area contributed by atoms with Crippen LogP contribution in [0, 0.1) is 0 Å². The molecular weight excluding hydrogens is 264 g/mol. The molecule has 16 heavy (non-hydrogen) atoms. The van der Waals surface area contributed by atoms with Crippen LogP contribution < -0.4 is 0 Å². The molecule has 0 spiro atoms. The van der Waals surface area contributed by atoms with Crippen LogP contribution in [0.4, 0.5) is 0 Å². The largest absolute Gasteiger partial charge is 0.325 e. The molecule has 3 heteroatoms. The van der Waals surface area contributed by atoms with Crippen LogP contribution in [0.1, 0.15) is 20.8 Å². The highest BCUT2D eigenvalue weighted by Crippen LogP contribution is 2.30. The Hall–Kier alpha value is -1.09. The molecule has 0 saturated carbocycles. The molecule has 0 radical (unpaired) electrons. The maximum Gasteiger partial charge on any atom is 0.0955 e. The Morgan fingerprint density at radius 3 is 2.50 bits per heavy atom. The van der Waals surface area contributed by atoms with E-state index in [1.807, 2.05) is 24.7 Å². The topological polar surface area (TPSA) is 17.8 Å². The average molecular weight is 279 g/mol. The van der Waals surface area contributed by atoms with E-state index in [2.05, 4.69) is 58.4 Å². The minimum atomic E-state index is 0.0428. The quantitative estimate of drug-likeness (QED) is 0.769. The fourth-order valence-corrected chi connectivity index (χ4v) is 2.19. The van der Waals surface area contributed by atoms with Crippen molar-refractivity contribution >= 4 is 15.9 Å². The van der Waals surface area contributed by atoms with Crippen molar-refractivity contribution in [3.8, 4) is 11.3 Å². The van der Waals surface area contributed by atoms with E-state index in [0.29, 0.717) is 0 Å². The van der Waals surface area contributed by atoms with Crippen LogP contribution in [0.25, 0.3) is 11.3 Å². The lowest BCUT2D eigenvalue weighted by Gasteiger charge is -2.23. The highest BCUT2D eigenvalue weighted by molar-refractivity contribution is 9.10. The molecule has 0 amide bonds. The van der Waals surface area contributed by atoms with Crippen LogP contribution in [0.5, 0.6) is 0 Å². The number of aromatic nitrogens is 2. The maximum absolute atomic E-state index is 4.25. The molecule has 2 nitrogen and oxygen atoms in total. The first-order chi connectivity index (χ1) is 7.50. The summed E-state index contributed by atoms with van der Waals surface area (Å²) < 4.78 is 3.29. The van der Waals surface area contributed by atoms with E-state index in [4.69, 9.17) is 0 Å². The van der Waals surface area contributed by atoms with Crippen LogP contribution in [0.15, 0.2) is 41.3 Å². The number of hydrogen-bond donors (Lipinski definition) is 0. The Kier molecular flexibility index (Phi) is 2.89. The molecule has 0 saturated heterocycles. The average Bonchev–Trinajstić information content (AvgIpc) is 2.66. The molecule has 0 aliphatic rings. The predicted molar refractivity (Wildman–Crippen MR) is 70.4 cm³/mol. The lowest BCUT2D eigenvalue weighted by atomic mass is 10.1. The number of nitrogens with zero attached hydrogens (tertiary/aromatic N) is 2. The van der Waals surface area contributed by atoms with Crippen molar-refractivity contribution in [1.82, 2.24) is 9.55 Å². The van der Waals surface area contributed by atoms with Crippen molar-refractivity contribution in [2.75, 3.05) is 0 Å². The smallest absolute Gasteiger partial charge is 0.0955 e. The molecule has 0 N–H and O–H groups in total. The fourth-order valence-electron chi connectivity index (χ4n) is 1.70. The summed E-state index contributed by atoms with van der Waals surface area (Å²) in [6.07, 6.45) is 3.79. The van der Waals surface area contributed by atoms with Gasteiger partial charge < -0.3 is 4.57 Å². The third-order valence-electron chi connectivity index (χ3n) is 2.51. The van der Waals surface area contributed by atoms with Crippen molar-refractivity contribution in [1.29, 1.82) is 0 Å². The number of rotatable bonds is 1. The zero-order valence-electron chi connectivity index (χ0n) is 9.74. The first-order valence-electron chi connectivity index (χ1n) is 5.28. The Balaban J connectivity index is 2.58. The van der Waals surface area contributed by atoms with Gasteiger partial charge in [0.1, 0.15) is 0 Å². The minimum absolute atomic E-state index is 0.0428. The molecule has 0 fully saturated rings.